The molecule has 18 heteroatoms. The second-order valence-corrected chi connectivity index (χ2v) is 18.8. The van der Waals surface area contributed by atoms with E-state index in [9.17, 15) is 24.5 Å². The average Bonchev–Trinajstić information content (AvgIpc) is 3.97. The predicted octanol–water partition coefficient (Wildman–Crippen LogP) is 4.73. The van der Waals surface area contributed by atoms with Crippen molar-refractivity contribution >= 4 is 112 Å². The third kappa shape index (κ3) is 6.88. The summed E-state index contributed by atoms with van der Waals surface area (Å²) >= 11 is 3.85. The number of aryl methyl sites for hydroxylation is 1. The molecule has 0 saturated carbocycles. The monoisotopic (exact) mass is 905 g/mol. The first-order valence-corrected chi connectivity index (χ1v) is 21.5. The Morgan fingerprint density at radius 3 is 1.57 bits per heavy atom. The zero-order valence-corrected chi connectivity index (χ0v) is 32.4. The summed E-state index contributed by atoms with van der Waals surface area (Å²) in [4.78, 5) is 58.8. The summed E-state index contributed by atoms with van der Waals surface area (Å²) in [7, 11) is 0. The maximum atomic E-state index is 12.1. The first-order valence-electron chi connectivity index (χ1n) is 14.0. The molecule has 0 unspecified atom stereocenters. The first-order chi connectivity index (χ1) is 23.8. The number of aromatic nitrogens is 6. The molecule has 0 amide bonds. The molecule has 0 bridgehead atoms. The molecule has 9 aromatic rings. The van der Waals surface area contributed by atoms with Crippen LogP contribution in [0.15, 0.2) is 110 Å². The van der Waals surface area contributed by atoms with Gasteiger partial charge in [-0.05, 0) is 0 Å². The summed E-state index contributed by atoms with van der Waals surface area (Å²) in [5.74, 6) is 0. The summed E-state index contributed by atoms with van der Waals surface area (Å²) in [6, 6.07) is 22.9. The van der Waals surface area contributed by atoms with Crippen LogP contribution in [0.4, 0.5) is 5.00 Å². The summed E-state index contributed by atoms with van der Waals surface area (Å²) in [6.07, 6.45) is 2.92. The predicted molar refractivity (Wildman–Crippen MR) is 198 cm³/mol. The number of hydrogen-bond acceptors (Lipinski definition) is 11. The van der Waals surface area contributed by atoms with Crippen LogP contribution in [-0.4, -0.2) is 74.8 Å². The molecule has 0 radical (unpaired) electrons. The zero-order valence-electron chi connectivity index (χ0n) is 24.9. The average molecular weight is 903 g/mol. The van der Waals surface area contributed by atoms with E-state index in [0.717, 1.165) is 50.8 Å². The van der Waals surface area contributed by atoms with E-state index in [-0.39, 0.29) is 65.9 Å². The summed E-state index contributed by atoms with van der Waals surface area (Å²) in [5, 5.41) is 18.7. The molecule has 0 fully saturated rings. The standard InChI is InChI=1S/C11H8N2OSSe.C10H5N3O3SSe.C10H6N2OSSe/c1-7-6-15-11(12-7)13-10(14)8-4-2-3-5-9(8)16-13;14-9-6-3-1-2-4-7(6)18-12(9)10-11-5-8(17-10)13(15)16;13-9-7-3-1-2-4-8(7)15-12(9)10-11-5-6-14-10/h2-6H,1H3;1-5H;1-6H. The van der Waals surface area contributed by atoms with Crippen molar-refractivity contribution in [3.8, 4) is 15.4 Å². The van der Waals surface area contributed by atoms with E-state index in [1.807, 2.05) is 78.3 Å². The fourth-order valence-corrected chi connectivity index (χ4v) is 13.4. The normalized spacial score (nSPS) is 11.0. The second kappa shape index (κ2) is 14.4. The van der Waals surface area contributed by atoms with Crippen molar-refractivity contribution < 1.29 is 4.92 Å². The van der Waals surface area contributed by atoms with Crippen LogP contribution in [0.3, 0.4) is 0 Å². The van der Waals surface area contributed by atoms with Crippen molar-refractivity contribution in [3.63, 3.8) is 0 Å². The van der Waals surface area contributed by atoms with E-state index in [4.69, 9.17) is 0 Å². The molecule has 0 N–H and O–H groups in total. The Bertz CT molecular complexity index is 2770. The number of nitro groups is 1. The van der Waals surface area contributed by atoms with Gasteiger partial charge in [-0.2, -0.15) is 0 Å². The Kier molecular flexibility index (Phi) is 9.83. The van der Waals surface area contributed by atoms with Crippen molar-refractivity contribution in [1.29, 1.82) is 0 Å². The molecular formula is C31H19N7O5S3Se3. The van der Waals surface area contributed by atoms with Gasteiger partial charge in [-0.3, -0.25) is 0 Å². The van der Waals surface area contributed by atoms with Gasteiger partial charge in [0.1, 0.15) is 0 Å². The quantitative estimate of drug-likeness (QED) is 0.140. The number of thiazole rings is 3. The maximum absolute atomic E-state index is 12.1. The van der Waals surface area contributed by atoms with Gasteiger partial charge >= 0.3 is 308 Å². The van der Waals surface area contributed by atoms with E-state index in [1.54, 1.807) is 25.5 Å². The van der Waals surface area contributed by atoms with Gasteiger partial charge in [0.15, 0.2) is 0 Å². The fraction of sp³-hybridized carbons (Fsp3) is 0.0323. The van der Waals surface area contributed by atoms with E-state index >= 15 is 0 Å². The van der Waals surface area contributed by atoms with Crippen LogP contribution in [0.25, 0.3) is 44.3 Å². The van der Waals surface area contributed by atoms with Crippen LogP contribution in [0.5, 0.6) is 0 Å². The molecule has 244 valence electrons. The molecule has 9 rings (SSSR count). The first kappa shape index (κ1) is 33.4. The number of nitrogens with zero attached hydrogens (tertiary/aromatic N) is 7. The van der Waals surface area contributed by atoms with Gasteiger partial charge in [0, 0.05) is 0 Å². The Morgan fingerprint density at radius 1 is 0.673 bits per heavy atom. The van der Waals surface area contributed by atoms with E-state index < -0.39 is 4.92 Å². The Hall–Kier alpha value is -4.08. The van der Waals surface area contributed by atoms with Gasteiger partial charge in [-0.1, -0.05) is 0 Å². The van der Waals surface area contributed by atoms with Gasteiger partial charge < -0.3 is 0 Å². The summed E-state index contributed by atoms with van der Waals surface area (Å²) < 4.78 is 8.37. The van der Waals surface area contributed by atoms with E-state index in [1.165, 1.54) is 32.4 Å². The van der Waals surface area contributed by atoms with Crippen molar-refractivity contribution in [2.24, 2.45) is 0 Å². The van der Waals surface area contributed by atoms with Gasteiger partial charge in [-0.15, -0.1) is 0 Å². The van der Waals surface area contributed by atoms with Crippen molar-refractivity contribution in [1.82, 2.24) is 25.6 Å². The number of hydrogen-bond donors (Lipinski definition) is 0. The van der Waals surface area contributed by atoms with Crippen LogP contribution in [0.2, 0.25) is 0 Å². The van der Waals surface area contributed by atoms with Crippen LogP contribution < -0.4 is 16.7 Å². The molecule has 0 aliphatic heterocycles. The fourth-order valence-electron chi connectivity index (χ4n) is 4.48. The molecule has 6 aromatic heterocycles. The minimum absolute atomic E-state index is 0.0397. The molecule has 0 saturated heterocycles. The van der Waals surface area contributed by atoms with E-state index in [0.29, 0.717) is 10.5 Å². The van der Waals surface area contributed by atoms with Crippen LogP contribution in [0, 0.1) is 17.0 Å². The third-order valence-electron chi connectivity index (χ3n) is 6.68. The van der Waals surface area contributed by atoms with Gasteiger partial charge in [0.2, 0.25) is 0 Å². The second-order valence-electron chi connectivity index (χ2n) is 9.89. The summed E-state index contributed by atoms with van der Waals surface area (Å²) in [5.41, 5.74) is 1.01. The number of benzene rings is 3. The topological polar surface area (TPSA) is 148 Å². The molecule has 0 aliphatic rings. The van der Waals surface area contributed by atoms with Crippen LogP contribution in [0.1, 0.15) is 5.69 Å². The molecule has 0 aliphatic carbocycles. The molecule has 3 aromatic carbocycles. The Balaban J connectivity index is 0.000000116. The van der Waals surface area contributed by atoms with Crippen molar-refractivity contribution in [2.45, 2.75) is 6.92 Å². The SMILES string of the molecule is Cc1csc(-n2[se]c3ccccc3c2=O)n1.O=c1c2ccccc2[se]n1-c1ncc([N+](=O)[O-])s1.O=c1c2ccccc2[se]n1-c1nccs1. The van der Waals surface area contributed by atoms with Crippen LogP contribution >= 0.6 is 34.0 Å². The zero-order chi connectivity index (χ0) is 34.1. The molecular weight excluding hydrogens is 883 g/mol. The summed E-state index contributed by atoms with van der Waals surface area (Å²) in [6.45, 7) is 1.95. The molecule has 6 heterocycles. The molecule has 0 spiro atoms. The van der Waals surface area contributed by atoms with Gasteiger partial charge in [-0.25, -0.2) is 0 Å². The minimum atomic E-state index is -0.498. The Morgan fingerprint density at radius 2 is 1.16 bits per heavy atom. The third-order valence-corrected chi connectivity index (χ3v) is 16.9. The molecule has 49 heavy (non-hydrogen) atoms. The number of fused-ring (bicyclic) bond motifs is 3. The molecule has 12 nitrogen and oxygen atoms in total. The molecule has 0 atom stereocenters. The van der Waals surface area contributed by atoms with Crippen molar-refractivity contribution in [3.05, 3.63) is 143 Å². The van der Waals surface area contributed by atoms with Gasteiger partial charge in [0.05, 0.1) is 0 Å². The number of rotatable bonds is 4. The van der Waals surface area contributed by atoms with Crippen molar-refractivity contribution in [2.75, 3.05) is 0 Å². The van der Waals surface area contributed by atoms with Crippen LogP contribution in [-0.2, 0) is 0 Å². The van der Waals surface area contributed by atoms with Gasteiger partial charge in [0.25, 0.3) is 0 Å². The van der Waals surface area contributed by atoms with E-state index in [2.05, 4.69) is 15.0 Å². The Labute approximate surface area is 305 Å².